The molecule has 0 saturated heterocycles. The van der Waals surface area contributed by atoms with Crippen LogP contribution in [0.3, 0.4) is 0 Å². The molecule has 332 valence electrons. The third-order valence-corrected chi connectivity index (χ3v) is 9.59. The van der Waals surface area contributed by atoms with Gasteiger partial charge in [0.05, 0.1) is 17.8 Å². The van der Waals surface area contributed by atoms with Crippen molar-refractivity contribution in [1.29, 1.82) is 0 Å². The third-order valence-electron chi connectivity index (χ3n) is 9.59. The molecule has 5 amide bonds. The number of aliphatic hydroxyl groups excluding tert-OH is 1. The summed E-state index contributed by atoms with van der Waals surface area (Å²) in [6, 6.07) is 10.9. The molecule has 3 aromatic rings. The van der Waals surface area contributed by atoms with Gasteiger partial charge in [-0.1, -0.05) is 63.9 Å². The lowest BCUT2D eigenvalue weighted by atomic mass is 9.84. The molecule has 15 nitrogen and oxygen atoms in total. The first-order valence-corrected chi connectivity index (χ1v) is 19.2. The van der Waals surface area contributed by atoms with Gasteiger partial charge in [0.2, 0.25) is 17.7 Å². The van der Waals surface area contributed by atoms with E-state index in [1.165, 1.54) is 17.1 Å². The lowest BCUT2D eigenvalue weighted by Crippen LogP contribution is -2.47. The minimum absolute atomic E-state index is 0.0171. The van der Waals surface area contributed by atoms with Gasteiger partial charge in [0.15, 0.2) is 0 Å². The van der Waals surface area contributed by atoms with Gasteiger partial charge in [0, 0.05) is 56.0 Å². The Kier molecular flexibility index (Phi) is 17.8. The normalized spacial score (nSPS) is 15.0. The number of carbonyl (C=O) groups excluding carboxylic acids is 5. The molecule has 1 aromatic heterocycles. The van der Waals surface area contributed by atoms with E-state index in [-0.39, 0.29) is 54.4 Å². The van der Waals surface area contributed by atoms with Crippen LogP contribution in [0.4, 0.5) is 22.0 Å². The zero-order valence-corrected chi connectivity index (χ0v) is 33.8. The molecule has 61 heavy (non-hydrogen) atoms. The molecule has 0 spiro atoms. The van der Waals surface area contributed by atoms with E-state index in [9.17, 15) is 51.0 Å². The van der Waals surface area contributed by atoms with E-state index in [0.717, 1.165) is 54.3 Å². The number of aliphatic hydroxyl groups is 1. The van der Waals surface area contributed by atoms with Crippen LogP contribution in [0.15, 0.2) is 66.9 Å². The number of primary amides is 1. The summed E-state index contributed by atoms with van der Waals surface area (Å²) < 4.78 is 62.3. The summed E-state index contributed by atoms with van der Waals surface area (Å²) in [6.45, 7) is 5.87. The molecular formula is C41H50F5N7O8. The van der Waals surface area contributed by atoms with Crippen molar-refractivity contribution in [2.24, 2.45) is 22.8 Å². The molecule has 0 bridgehead atoms. The lowest BCUT2D eigenvalue weighted by Gasteiger charge is -2.40. The Morgan fingerprint density at radius 2 is 1.57 bits per heavy atom. The van der Waals surface area contributed by atoms with Gasteiger partial charge in [-0.3, -0.25) is 28.9 Å². The van der Waals surface area contributed by atoms with Crippen molar-refractivity contribution < 1.29 is 60.9 Å². The zero-order valence-electron chi connectivity index (χ0n) is 33.8. The lowest BCUT2D eigenvalue weighted by molar-refractivity contribution is -0.192. The quantitative estimate of drug-likeness (QED) is 0.116. The second-order valence-corrected chi connectivity index (χ2v) is 15.3. The number of nitrogens with zero attached hydrogens (tertiary/aromatic N) is 4. The van der Waals surface area contributed by atoms with Crippen molar-refractivity contribution in [3.8, 4) is 11.3 Å². The Morgan fingerprint density at radius 1 is 0.984 bits per heavy atom. The molecule has 1 aliphatic carbocycles. The maximum Gasteiger partial charge on any atom is 0.490 e. The molecule has 2 unspecified atom stereocenters. The second-order valence-electron chi connectivity index (χ2n) is 15.3. The van der Waals surface area contributed by atoms with E-state index in [4.69, 9.17) is 26.4 Å². The predicted molar refractivity (Wildman–Crippen MR) is 210 cm³/mol. The van der Waals surface area contributed by atoms with Gasteiger partial charge in [-0.25, -0.2) is 18.6 Å². The smallest absolute Gasteiger partial charge is 0.475 e. The van der Waals surface area contributed by atoms with Crippen LogP contribution < -0.4 is 16.8 Å². The highest BCUT2D eigenvalue weighted by molar-refractivity contribution is 6.12. The zero-order chi connectivity index (χ0) is 45.7. The fourth-order valence-corrected chi connectivity index (χ4v) is 6.56. The Hall–Kier alpha value is -6.02. The standard InChI is InChI=1S/C27H33F2N5O3.C12H16N2O3.C2HF3O2/c1-27(2,3)24(34(23(36)16-35)12-11-21(30)25(31)37)26-32-22(19-13-18(28)9-10-20(19)29)15-33(26)14-17-7-5-4-6-8-17;15-10-5-6-11(16)14(10)8-7-13-12(17)9-3-1-2-4-9;3-2(4,5)1(6)7/h4-10,13,15,21,24,35H,11-12,14,16,30H2,1-3H3,(H2,31,37);5-6,9H,1-4,7-8H2,(H,13,17);(H,6,7). The first-order chi connectivity index (χ1) is 28.5. The number of carboxylic acid groups (broad SMARTS) is 1. The highest BCUT2D eigenvalue weighted by Crippen LogP contribution is 2.39. The fraction of sp³-hybridized carbons (Fsp3) is 0.439. The summed E-state index contributed by atoms with van der Waals surface area (Å²) in [7, 11) is 0. The average molecular weight is 864 g/mol. The van der Waals surface area contributed by atoms with Crippen LogP contribution in [0.25, 0.3) is 11.3 Å². The number of imidazole rings is 1. The van der Waals surface area contributed by atoms with Crippen molar-refractivity contribution >= 4 is 35.5 Å². The number of hydrogen-bond donors (Lipinski definition) is 5. The van der Waals surface area contributed by atoms with E-state index >= 15 is 0 Å². The third kappa shape index (κ3) is 14.6. The van der Waals surface area contributed by atoms with Crippen LogP contribution in [-0.2, 0) is 35.3 Å². The molecule has 2 atom stereocenters. The number of halogens is 5. The van der Waals surface area contributed by atoms with Crippen molar-refractivity contribution in [1.82, 2.24) is 24.7 Å². The molecule has 20 heteroatoms. The van der Waals surface area contributed by atoms with Gasteiger partial charge >= 0.3 is 12.1 Å². The number of alkyl halides is 3. The number of amides is 5. The SMILES string of the molecule is CC(C)(C)C(c1nc(-c2cc(F)ccc2F)cn1Cc1ccccc1)N(CCC(N)C(N)=O)C(=O)CO.O=C(NCCN1C(=O)C=CC1=O)C1CCCC1.O=C(O)C(F)(F)F. The van der Waals surface area contributed by atoms with Crippen LogP contribution in [0.1, 0.15) is 70.3 Å². The summed E-state index contributed by atoms with van der Waals surface area (Å²) in [6.07, 6.45) is 3.25. The minimum atomic E-state index is -5.08. The monoisotopic (exact) mass is 863 g/mol. The number of imide groups is 1. The molecule has 2 aromatic carbocycles. The topological polar surface area (TPSA) is 231 Å². The molecule has 2 heterocycles. The van der Waals surface area contributed by atoms with Crippen molar-refractivity contribution in [3.63, 3.8) is 0 Å². The second kappa shape index (κ2) is 22.0. The fourth-order valence-electron chi connectivity index (χ4n) is 6.56. The predicted octanol–water partition coefficient (Wildman–Crippen LogP) is 3.84. The van der Waals surface area contributed by atoms with E-state index in [2.05, 4.69) is 5.32 Å². The molecule has 7 N–H and O–H groups in total. The average Bonchev–Trinajstić information content (AvgIpc) is 3.95. The van der Waals surface area contributed by atoms with Crippen LogP contribution >= 0.6 is 0 Å². The highest BCUT2D eigenvalue weighted by atomic mass is 19.4. The number of aliphatic carboxylic acids is 1. The summed E-state index contributed by atoms with van der Waals surface area (Å²) in [5.41, 5.74) is 11.6. The number of aromatic nitrogens is 2. The van der Waals surface area contributed by atoms with E-state index in [1.807, 2.05) is 51.1 Å². The van der Waals surface area contributed by atoms with Gasteiger partial charge in [-0.15, -0.1) is 0 Å². The van der Waals surface area contributed by atoms with Gasteiger partial charge < -0.3 is 36.5 Å². The summed E-state index contributed by atoms with van der Waals surface area (Å²) >= 11 is 0. The molecule has 1 saturated carbocycles. The first kappa shape index (κ1) is 49.3. The van der Waals surface area contributed by atoms with Crippen molar-refractivity contribution in [3.05, 3.63) is 89.9 Å². The Bertz CT molecular complexity index is 2030. The number of carbonyl (C=O) groups is 6. The Morgan fingerprint density at radius 3 is 2.10 bits per heavy atom. The van der Waals surface area contributed by atoms with Gasteiger partial charge in [0.25, 0.3) is 11.8 Å². The van der Waals surface area contributed by atoms with Gasteiger partial charge in [-0.2, -0.15) is 13.2 Å². The van der Waals surface area contributed by atoms with E-state index < -0.39 is 59.7 Å². The van der Waals surface area contributed by atoms with E-state index in [0.29, 0.717) is 18.9 Å². The number of nitrogens with one attached hydrogen (secondary N) is 1. The highest BCUT2D eigenvalue weighted by Gasteiger charge is 2.39. The summed E-state index contributed by atoms with van der Waals surface area (Å²) in [4.78, 5) is 74.8. The number of carboxylic acids is 1. The van der Waals surface area contributed by atoms with Crippen molar-refractivity contribution in [2.45, 2.75) is 77.7 Å². The first-order valence-electron chi connectivity index (χ1n) is 19.2. The molecule has 2 aliphatic rings. The van der Waals surface area contributed by atoms with Crippen LogP contribution in [0.2, 0.25) is 0 Å². The maximum atomic E-state index is 14.7. The number of nitrogens with two attached hydrogens (primary N) is 2. The van der Waals surface area contributed by atoms with E-state index in [1.54, 1.807) is 10.8 Å². The summed E-state index contributed by atoms with van der Waals surface area (Å²) in [5.74, 6) is -5.33. The summed E-state index contributed by atoms with van der Waals surface area (Å²) in [5, 5.41) is 19.7. The van der Waals surface area contributed by atoms with Crippen LogP contribution in [0, 0.1) is 23.0 Å². The van der Waals surface area contributed by atoms with Gasteiger partial charge in [-0.05, 0) is 48.4 Å². The molecule has 5 rings (SSSR count). The number of benzene rings is 2. The minimum Gasteiger partial charge on any atom is -0.475 e. The van der Waals surface area contributed by atoms with Crippen LogP contribution in [0.5, 0.6) is 0 Å². The largest absolute Gasteiger partial charge is 0.490 e. The van der Waals surface area contributed by atoms with Crippen LogP contribution in [-0.4, -0.2) is 104 Å². The molecule has 1 fully saturated rings. The van der Waals surface area contributed by atoms with Crippen molar-refractivity contribution in [2.75, 3.05) is 26.2 Å². The van der Waals surface area contributed by atoms with Gasteiger partial charge in [0.1, 0.15) is 24.1 Å². The molecule has 1 aliphatic heterocycles. The molecular weight excluding hydrogens is 813 g/mol. The molecule has 0 radical (unpaired) electrons. The maximum absolute atomic E-state index is 14.7. The number of hydrogen-bond acceptors (Lipinski definition) is 9. The number of rotatable bonds is 14. The Labute approximate surface area is 348 Å². The Balaban J connectivity index is 0.000000338.